The molecule has 4 heteroatoms. The Morgan fingerprint density at radius 3 is 2.17 bits per heavy atom. The van der Waals surface area contributed by atoms with Crippen molar-refractivity contribution in [1.82, 2.24) is 0 Å². The van der Waals surface area contributed by atoms with Crippen molar-refractivity contribution >= 4 is 5.69 Å². The lowest BCUT2D eigenvalue weighted by Crippen LogP contribution is -1.98. The number of aryl methyl sites for hydroxylation is 2. The fourth-order valence-corrected chi connectivity index (χ4v) is 1.98. The van der Waals surface area contributed by atoms with Crippen molar-refractivity contribution in [1.29, 1.82) is 0 Å². The molecule has 0 heterocycles. The Morgan fingerprint density at radius 1 is 1.11 bits per heavy atom. The second kappa shape index (κ2) is 6.99. The predicted octanol–water partition coefficient (Wildman–Crippen LogP) is 3.99. The Morgan fingerprint density at radius 2 is 1.67 bits per heavy atom. The van der Waals surface area contributed by atoms with E-state index in [0.29, 0.717) is 6.42 Å². The SMILES string of the molecule is CCCCc1cc(CCCC)c([N+](=O)[O-])cc1O. The van der Waals surface area contributed by atoms with Crippen LogP contribution in [-0.2, 0) is 12.8 Å². The zero-order chi connectivity index (χ0) is 13.5. The molecule has 0 saturated heterocycles. The molecule has 0 aliphatic heterocycles. The van der Waals surface area contributed by atoms with Gasteiger partial charge in [0, 0.05) is 5.56 Å². The number of nitrogens with zero attached hydrogens (tertiary/aromatic N) is 1. The van der Waals surface area contributed by atoms with Crippen LogP contribution in [-0.4, -0.2) is 10.0 Å². The maximum Gasteiger partial charge on any atom is 0.276 e. The second-order valence-corrected chi connectivity index (χ2v) is 4.57. The van der Waals surface area contributed by atoms with Crippen LogP contribution in [0.15, 0.2) is 12.1 Å². The average Bonchev–Trinajstić information content (AvgIpc) is 2.35. The van der Waals surface area contributed by atoms with E-state index in [4.69, 9.17) is 0 Å². The molecule has 1 aromatic rings. The van der Waals surface area contributed by atoms with Crippen LogP contribution in [0.2, 0.25) is 0 Å². The van der Waals surface area contributed by atoms with E-state index >= 15 is 0 Å². The largest absolute Gasteiger partial charge is 0.507 e. The highest BCUT2D eigenvalue weighted by atomic mass is 16.6. The number of phenolic OH excluding ortho intramolecular Hbond substituents is 1. The summed E-state index contributed by atoms with van der Waals surface area (Å²) in [5.41, 5.74) is 1.61. The molecule has 1 rings (SSSR count). The van der Waals surface area contributed by atoms with Crippen molar-refractivity contribution in [2.24, 2.45) is 0 Å². The van der Waals surface area contributed by atoms with Gasteiger partial charge in [-0.2, -0.15) is 0 Å². The summed E-state index contributed by atoms with van der Waals surface area (Å²) in [4.78, 5) is 10.5. The number of benzene rings is 1. The van der Waals surface area contributed by atoms with Crippen LogP contribution in [0.4, 0.5) is 5.69 Å². The third-order valence-corrected chi connectivity index (χ3v) is 3.08. The van der Waals surface area contributed by atoms with Gasteiger partial charge in [0.1, 0.15) is 5.75 Å². The fraction of sp³-hybridized carbons (Fsp3) is 0.571. The fourth-order valence-electron chi connectivity index (χ4n) is 1.98. The van der Waals surface area contributed by atoms with Crippen molar-refractivity contribution in [3.05, 3.63) is 33.4 Å². The number of nitro benzene ring substituents is 1. The van der Waals surface area contributed by atoms with E-state index in [-0.39, 0.29) is 11.4 Å². The number of hydrogen-bond acceptors (Lipinski definition) is 3. The second-order valence-electron chi connectivity index (χ2n) is 4.57. The topological polar surface area (TPSA) is 63.4 Å². The van der Waals surface area contributed by atoms with Gasteiger partial charge in [0.15, 0.2) is 0 Å². The van der Waals surface area contributed by atoms with E-state index in [1.165, 1.54) is 6.07 Å². The molecule has 0 unspecified atom stereocenters. The standard InChI is InChI=1S/C14H21NO3/c1-3-5-7-11-9-12(8-6-4-2)14(16)10-13(11)15(17)18/h9-10,16H,3-8H2,1-2H3. The molecular weight excluding hydrogens is 230 g/mol. The zero-order valence-corrected chi connectivity index (χ0v) is 11.1. The van der Waals surface area contributed by atoms with E-state index < -0.39 is 4.92 Å². The van der Waals surface area contributed by atoms with Gasteiger partial charge in [0.05, 0.1) is 11.0 Å². The van der Waals surface area contributed by atoms with Crippen LogP contribution in [0.3, 0.4) is 0 Å². The molecule has 1 N–H and O–H groups in total. The summed E-state index contributed by atoms with van der Waals surface area (Å²) >= 11 is 0. The number of aromatic hydroxyl groups is 1. The maximum atomic E-state index is 11.0. The first kappa shape index (κ1) is 14.5. The summed E-state index contributed by atoms with van der Waals surface area (Å²) in [7, 11) is 0. The van der Waals surface area contributed by atoms with E-state index in [1.807, 2.05) is 0 Å². The molecule has 0 radical (unpaired) electrons. The molecule has 4 nitrogen and oxygen atoms in total. The van der Waals surface area contributed by atoms with Crippen molar-refractivity contribution in [2.75, 3.05) is 0 Å². The van der Waals surface area contributed by atoms with Gasteiger partial charge in [0.2, 0.25) is 0 Å². The first-order valence-corrected chi connectivity index (χ1v) is 6.59. The van der Waals surface area contributed by atoms with Gasteiger partial charge >= 0.3 is 0 Å². The molecule has 0 aliphatic carbocycles. The number of nitro groups is 1. The number of rotatable bonds is 7. The molecular formula is C14H21NO3. The Kier molecular flexibility index (Phi) is 5.62. The Balaban J connectivity index is 3.05. The molecule has 0 aromatic heterocycles. The highest BCUT2D eigenvalue weighted by Crippen LogP contribution is 2.30. The molecule has 1 aromatic carbocycles. The number of unbranched alkanes of at least 4 members (excludes halogenated alkanes) is 2. The van der Waals surface area contributed by atoms with Crippen LogP contribution < -0.4 is 0 Å². The zero-order valence-electron chi connectivity index (χ0n) is 11.1. The Bertz CT molecular complexity index is 416. The van der Waals surface area contributed by atoms with E-state index in [1.54, 1.807) is 6.07 Å². The molecule has 0 fully saturated rings. The minimum Gasteiger partial charge on any atom is -0.507 e. The molecule has 0 spiro atoms. The van der Waals surface area contributed by atoms with Crippen LogP contribution in [0.1, 0.15) is 50.7 Å². The van der Waals surface area contributed by atoms with E-state index in [9.17, 15) is 15.2 Å². The summed E-state index contributed by atoms with van der Waals surface area (Å²) in [5, 5.41) is 20.8. The highest BCUT2D eigenvalue weighted by Gasteiger charge is 2.17. The molecule has 18 heavy (non-hydrogen) atoms. The van der Waals surface area contributed by atoms with Crippen molar-refractivity contribution in [3.63, 3.8) is 0 Å². The summed E-state index contributed by atoms with van der Waals surface area (Å²) in [6.45, 7) is 4.14. The van der Waals surface area contributed by atoms with Gasteiger partial charge in [0.25, 0.3) is 5.69 Å². The monoisotopic (exact) mass is 251 g/mol. The third-order valence-electron chi connectivity index (χ3n) is 3.08. The first-order valence-electron chi connectivity index (χ1n) is 6.59. The molecule has 0 bridgehead atoms. The normalized spacial score (nSPS) is 10.6. The van der Waals surface area contributed by atoms with Gasteiger partial charge in [-0.15, -0.1) is 0 Å². The molecule has 100 valence electrons. The Labute approximate surface area is 108 Å². The predicted molar refractivity (Wildman–Crippen MR) is 72.0 cm³/mol. The van der Waals surface area contributed by atoms with E-state index in [0.717, 1.165) is 43.2 Å². The summed E-state index contributed by atoms with van der Waals surface area (Å²) in [6, 6.07) is 3.11. The van der Waals surface area contributed by atoms with Gasteiger partial charge in [-0.3, -0.25) is 10.1 Å². The molecule has 0 atom stereocenters. The van der Waals surface area contributed by atoms with Gasteiger partial charge in [-0.1, -0.05) is 26.7 Å². The third kappa shape index (κ3) is 3.72. The van der Waals surface area contributed by atoms with E-state index in [2.05, 4.69) is 13.8 Å². The smallest absolute Gasteiger partial charge is 0.276 e. The van der Waals surface area contributed by atoms with Gasteiger partial charge in [-0.05, 0) is 37.3 Å². The van der Waals surface area contributed by atoms with Crippen LogP contribution in [0.25, 0.3) is 0 Å². The van der Waals surface area contributed by atoms with Crippen LogP contribution >= 0.6 is 0 Å². The number of phenols is 1. The van der Waals surface area contributed by atoms with Crippen molar-refractivity contribution in [2.45, 2.75) is 52.4 Å². The van der Waals surface area contributed by atoms with Crippen molar-refractivity contribution in [3.8, 4) is 5.75 Å². The molecule has 0 aliphatic rings. The van der Waals surface area contributed by atoms with Gasteiger partial charge < -0.3 is 5.11 Å². The van der Waals surface area contributed by atoms with Gasteiger partial charge in [-0.25, -0.2) is 0 Å². The minimum atomic E-state index is -0.408. The first-order chi connectivity index (χ1) is 8.60. The quantitative estimate of drug-likeness (QED) is 0.588. The molecule has 0 amide bonds. The number of hydrogen-bond donors (Lipinski definition) is 1. The molecule has 0 saturated carbocycles. The highest BCUT2D eigenvalue weighted by molar-refractivity contribution is 5.50. The summed E-state index contributed by atoms with van der Waals surface area (Å²) in [6.07, 6.45) is 5.44. The Hall–Kier alpha value is -1.58. The lowest BCUT2D eigenvalue weighted by Gasteiger charge is -2.08. The summed E-state index contributed by atoms with van der Waals surface area (Å²) in [5.74, 6) is 0.0513. The van der Waals surface area contributed by atoms with Crippen LogP contribution in [0, 0.1) is 10.1 Å². The summed E-state index contributed by atoms with van der Waals surface area (Å²) < 4.78 is 0. The maximum absolute atomic E-state index is 11.0. The van der Waals surface area contributed by atoms with Crippen LogP contribution in [0.5, 0.6) is 5.75 Å². The van der Waals surface area contributed by atoms with Crippen molar-refractivity contribution < 1.29 is 10.0 Å². The average molecular weight is 251 g/mol. The minimum absolute atomic E-state index is 0.0428. The lowest BCUT2D eigenvalue weighted by atomic mass is 9.99. The lowest BCUT2D eigenvalue weighted by molar-refractivity contribution is -0.385.